The van der Waals surface area contributed by atoms with Gasteiger partial charge in [0.2, 0.25) is 0 Å². The van der Waals surface area contributed by atoms with Gasteiger partial charge in [-0.3, -0.25) is 9.59 Å². The lowest BCUT2D eigenvalue weighted by atomic mass is 10.0. The fraction of sp³-hybridized carbons (Fsp3) is 0.818. The number of nitrogens with zero attached hydrogens (tertiary/aromatic N) is 6. The average molecular weight is 298 g/mol. The van der Waals surface area contributed by atoms with Gasteiger partial charge in [-0.25, -0.2) is 0 Å². The topological polar surface area (TPSA) is 150 Å². The molecule has 0 rings (SSSR count). The molecule has 2 atom stereocenters. The van der Waals surface area contributed by atoms with Crippen LogP contribution in [0.3, 0.4) is 0 Å². The summed E-state index contributed by atoms with van der Waals surface area (Å²) in [5.41, 5.74) is 16.4. The molecule has 0 aromatic heterocycles. The third-order valence-electron chi connectivity index (χ3n) is 2.67. The number of ketones is 2. The van der Waals surface area contributed by atoms with Crippen molar-refractivity contribution < 1.29 is 19.1 Å². The number of carbonyl (C=O) groups excluding carboxylic acids is 2. The van der Waals surface area contributed by atoms with Gasteiger partial charge in [-0.15, -0.1) is 0 Å². The molecule has 10 heteroatoms. The Morgan fingerprint density at radius 1 is 0.952 bits per heavy atom. The Hall–Kier alpha value is -2.12. The summed E-state index contributed by atoms with van der Waals surface area (Å²) in [7, 11) is 2.79. The van der Waals surface area contributed by atoms with Crippen LogP contribution in [0.2, 0.25) is 0 Å². The van der Waals surface area contributed by atoms with Crippen LogP contribution in [0.5, 0.6) is 0 Å². The molecule has 2 unspecified atom stereocenters. The summed E-state index contributed by atoms with van der Waals surface area (Å²) in [5.74, 6) is -0.614. The van der Waals surface area contributed by atoms with Crippen molar-refractivity contribution in [3.63, 3.8) is 0 Å². The Morgan fingerprint density at radius 2 is 1.33 bits per heavy atom. The SMILES string of the molecule is COC(CN=[N+]=[N-])CC(=O)CC(=O)CC(CN=[N+]=[N-])OC. The summed E-state index contributed by atoms with van der Waals surface area (Å²) in [6.45, 7) is 0.0645. The van der Waals surface area contributed by atoms with Crippen molar-refractivity contribution in [3.8, 4) is 0 Å². The van der Waals surface area contributed by atoms with Gasteiger partial charge in [0, 0.05) is 36.9 Å². The molecule has 0 saturated carbocycles. The number of methoxy groups -OCH3 is 2. The highest BCUT2D eigenvalue weighted by atomic mass is 16.5. The van der Waals surface area contributed by atoms with E-state index in [4.69, 9.17) is 20.5 Å². The molecule has 0 saturated heterocycles. The molecule has 0 aliphatic carbocycles. The standard InChI is InChI=1S/C11H18N6O4/c1-20-10(6-14-16-12)4-8(18)3-9(19)5-11(21-2)7-15-17-13/h10-11H,3-7H2,1-2H3. The lowest BCUT2D eigenvalue weighted by Crippen LogP contribution is -2.24. The van der Waals surface area contributed by atoms with Crippen LogP contribution < -0.4 is 0 Å². The number of ether oxygens (including phenoxy) is 2. The van der Waals surface area contributed by atoms with Gasteiger partial charge in [-0.1, -0.05) is 10.2 Å². The second kappa shape index (κ2) is 11.7. The number of azide groups is 2. The van der Waals surface area contributed by atoms with Crippen LogP contribution in [-0.2, 0) is 19.1 Å². The predicted octanol–water partition coefficient (Wildman–Crippen LogP) is 1.95. The molecule has 0 aromatic rings. The molecule has 21 heavy (non-hydrogen) atoms. The number of carbonyl (C=O) groups is 2. The first-order valence-electron chi connectivity index (χ1n) is 6.18. The van der Waals surface area contributed by atoms with Crippen molar-refractivity contribution in [2.75, 3.05) is 27.3 Å². The third-order valence-corrected chi connectivity index (χ3v) is 2.67. The summed E-state index contributed by atoms with van der Waals surface area (Å²) < 4.78 is 9.97. The number of rotatable bonds is 12. The van der Waals surface area contributed by atoms with E-state index in [2.05, 4.69) is 20.1 Å². The minimum absolute atomic E-state index is 0.00471. The van der Waals surface area contributed by atoms with E-state index in [0.29, 0.717) is 0 Å². The van der Waals surface area contributed by atoms with Crippen molar-refractivity contribution in [2.24, 2.45) is 10.2 Å². The van der Waals surface area contributed by atoms with Crippen molar-refractivity contribution in [1.82, 2.24) is 0 Å². The zero-order chi connectivity index (χ0) is 16.1. The first-order valence-corrected chi connectivity index (χ1v) is 6.18. The van der Waals surface area contributed by atoms with Crippen LogP contribution in [0, 0.1) is 0 Å². The van der Waals surface area contributed by atoms with Gasteiger partial charge in [0.15, 0.2) is 0 Å². The summed E-state index contributed by atoms with van der Waals surface area (Å²) >= 11 is 0. The Bertz CT molecular complexity index is 402. The zero-order valence-corrected chi connectivity index (χ0v) is 12.0. The van der Waals surface area contributed by atoms with E-state index in [-0.39, 0.29) is 43.9 Å². The molecule has 0 fully saturated rings. The van der Waals surface area contributed by atoms with Crippen LogP contribution in [0.4, 0.5) is 0 Å². The summed E-state index contributed by atoms with van der Waals surface area (Å²) in [5, 5.41) is 6.64. The Balaban J connectivity index is 4.26. The number of hydrogen-bond donors (Lipinski definition) is 0. The second-order valence-electron chi connectivity index (χ2n) is 4.20. The fourth-order valence-corrected chi connectivity index (χ4v) is 1.57. The van der Waals surface area contributed by atoms with Crippen LogP contribution in [0.1, 0.15) is 19.3 Å². The van der Waals surface area contributed by atoms with Gasteiger partial charge in [0.25, 0.3) is 0 Å². The summed E-state index contributed by atoms with van der Waals surface area (Å²) in [6, 6.07) is 0. The first kappa shape index (κ1) is 18.9. The molecule has 0 aromatic carbocycles. The molecular formula is C11H18N6O4. The van der Waals surface area contributed by atoms with E-state index >= 15 is 0 Å². The maximum Gasteiger partial charge on any atom is 0.142 e. The summed E-state index contributed by atoms with van der Waals surface area (Å²) in [4.78, 5) is 28.6. The van der Waals surface area contributed by atoms with Gasteiger partial charge >= 0.3 is 0 Å². The number of Topliss-reactive ketones (excluding diaryl/α,β-unsaturated/α-hetero) is 2. The van der Waals surface area contributed by atoms with E-state index in [1.807, 2.05) is 0 Å². The molecule has 0 aliphatic heterocycles. The van der Waals surface area contributed by atoms with Crippen LogP contribution in [0.15, 0.2) is 10.2 Å². The highest BCUT2D eigenvalue weighted by molar-refractivity contribution is 5.99. The van der Waals surface area contributed by atoms with E-state index in [0.717, 1.165) is 0 Å². The highest BCUT2D eigenvalue weighted by Crippen LogP contribution is 2.07. The maximum absolute atomic E-state index is 11.7. The van der Waals surface area contributed by atoms with Crippen LogP contribution in [-0.4, -0.2) is 51.1 Å². The van der Waals surface area contributed by atoms with E-state index in [1.165, 1.54) is 14.2 Å². The van der Waals surface area contributed by atoms with E-state index in [1.54, 1.807) is 0 Å². The molecule has 0 radical (unpaired) electrons. The second-order valence-corrected chi connectivity index (χ2v) is 4.20. The van der Waals surface area contributed by atoms with Crippen LogP contribution in [0.25, 0.3) is 20.9 Å². The van der Waals surface area contributed by atoms with Gasteiger partial charge < -0.3 is 9.47 Å². The van der Waals surface area contributed by atoms with Crippen molar-refractivity contribution in [2.45, 2.75) is 31.5 Å². The quantitative estimate of drug-likeness (QED) is 0.234. The Morgan fingerprint density at radius 3 is 1.62 bits per heavy atom. The monoisotopic (exact) mass is 298 g/mol. The highest BCUT2D eigenvalue weighted by Gasteiger charge is 2.18. The van der Waals surface area contributed by atoms with Gasteiger partial charge in [-0.05, 0) is 11.1 Å². The fourth-order valence-electron chi connectivity index (χ4n) is 1.57. The van der Waals surface area contributed by atoms with E-state index < -0.39 is 12.2 Å². The van der Waals surface area contributed by atoms with Crippen molar-refractivity contribution in [3.05, 3.63) is 20.9 Å². The van der Waals surface area contributed by atoms with Crippen molar-refractivity contribution in [1.29, 1.82) is 0 Å². The summed E-state index contributed by atoms with van der Waals surface area (Å²) in [6.07, 6.45) is -1.35. The third kappa shape index (κ3) is 9.42. The average Bonchev–Trinajstić information content (AvgIpc) is 2.47. The molecule has 0 spiro atoms. The first-order chi connectivity index (χ1) is 10.1. The smallest absolute Gasteiger partial charge is 0.142 e. The lowest BCUT2D eigenvalue weighted by Gasteiger charge is -2.13. The minimum Gasteiger partial charge on any atom is -0.381 e. The Kier molecular flexibility index (Phi) is 10.5. The maximum atomic E-state index is 11.7. The lowest BCUT2D eigenvalue weighted by molar-refractivity contribution is -0.129. The molecule has 0 N–H and O–H groups in total. The molecule has 10 nitrogen and oxygen atoms in total. The predicted molar refractivity (Wildman–Crippen MR) is 73.5 cm³/mol. The molecular weight excluding hydrogens is 280 g/mol. The number of hydrogen-bond acceptors (Lipinski definition) is 6. The van der Waals surface area contributed by atoms with Crippen molar-refractivity contribution >= 4 is 11.6 Å². The van der Waals surface area contributed by atoms with Gasteiger partial charge in [0.05, 0.1) is 31.7 Å². The molecule has 0 heterocycles. The molecule has 0 bridgehead atoms. The minimum atomic E-state index is -0.539. The van der Waals surface area contributed by atoms with Gasteiger partial charge in [0.1, 0.15) is 11.6 Å². The van der Waals surface area contributed by atoms with E-state index in [9.17, 15) is 9.59 Å². The zero-order valence-electron chi connectivity index (χ0n) is 12.0. The Labute approximate surface area is 121 Å². The molecule has 0 aliphatic rings. The molecule has 0 amide bonds. The van der Waals surface area contributed by atoms with Gasteiger partial charge in [-0.2, -0.15) is 0 Å². The largest absolute Gasteiger partial charge is 0.381 e. The van der Waals surface area contributed by atoms with Crippen LogP contribution >= 0.6 is 0 Å². The molecule has 116 valence electrons. The normalized spacial score (nSPS) is 12.7.